The number of amides is 1. The van der Waals surface area contributed by atoms with Gasteiger partial charge < -0.3 is 20.3 Å². The van der Waals surface area contributed by atoms with Crippen molar-refractivity contribution in [2.24, 2.45) is 11.8 Å². The van der Waals surface area contributed by atoms with Gasteiger partial charge in [0.05, 0.1) is 15.7 Å². The van der Waals surface area contributed by atoms with Gasteiger partial charge in [0, 0.05) is 43.1 Å². The van der Waals surface area contributed by atoms with Crippen LogP contribution >= 0.6 is 34.5 Å². The minimum atomic E-state index is -1.05. The summed E-state index contributed by atoms with van der Waals surface area (Å²) in [7, 11) is 0. The van der Waals surface area contributed by atoms with Gasteiger partial charge in [-0.3, -0.25) is 4.79 Å². The van der Waals surface area contributed by atoms with E-state index in [1.54, 1.807) is 19.1 Å². The molecule has 2 fully saturated rings. The Kier molecular flexibility index (Phi) is 8.25. The van der Waals surface area contributed by atoms with Crippen molar-refractivity contribution in [3.63, 3.8) is 0 Å². The third-order valence-corrected chi connectivity index (χ3v) is 9.57. The van der Waals surface area contributed by atoms with Crippen LogP contribution in [0.3, 0.4) is 0 Å². The number of aryl methyl sites for hydroxylation is 1. The van der Waals surface area contributed by atoms with Crippen molar-refractivity contribution in [1.82, 2.24) is 15.3 Å². The first-order valence-corrected chi connectivity index (χ1v) is 14.0. The van der Waals surface area contributed by atoms with Crippen molar-refractivity contribution in [3.05, 3.63) is 91.7 Å². The van der Waals surface area contributed by atoms with Gasteiger partial charge in [0.25, 0.3) is 5.91 Å². The van der Waals surface area contributed by atoms with Gasteiger partial charge in [-0.2, -0.15) is 0 Å². The van der Waals surface area contributed by atoms with E-state index < -0.39 is 17.6 Å². The molecule has 41 heavy (non-hydrogen) atoms. The van der Waals surface area contributed by atoms with Crippen molar-refractivity contribution < 1.29 is 23.5 Å². The number of hydrogen-bond donors (Lipinski definition) is 3. The van der Waals surface area contributed by atoms with Gasteiger partial charge in [-0.05, 0) is 35.7 Å². The number of thiazole rings is 1. The Balaban J connectivity index is 0.00000337. The standard InChI is InChI=1S/C28H22Cl2F2N4O3S.Li.H/c1-12-21(29)22(30)24(33-12)26(37)35-23-16-10-36(11-17(16)23)28-34-20(25(40-28)27(38)39)8-13-3-2-4-14(7-13)15-5-6-18(31)19(32)9-15;;/h2-7,9,16-17,23,33H,8,10-11H2,1H3,(H,35,37)(H,38,39);;/t16-,17+,23?;;. The van der Waals surface area contributed by atoms with E-state index in [9.17, 15) is 23.5 Å². The molecule has 0 bridgehead atoms. The predicted molar refractivity (Wildman–Crippen MR) is 157 cm³/mol. The summed E-state index contributed by atoms with van der Waals surface area (Å²) >= 11 is 13.4. The molecule has 3 atom stereocenters. The summed E-state index contributed by atoms with van der Waals surface area (Å²) in [6.07, 6.45) is 0.272. The van der Waals surface area contributed by atoms with E-state index in [4.69, 9.17) is 23.2 Å². The number of aromatic nitrogens is 2. The van der Waals surface area contributed by atoms with Crippen LogP contribution in [0.25, 0.3) is 11.1 Å². The number of aromatic carboxylic acids is 1. The second-order valence-corrected chi connectivity index (χ2v) is 11.8. The van der Waals surface area contributed by atoms with E-state index in [0.29, 0.717) is 45.8 Å². The number of fused-ring (bicyclic) bond motifs is 1. The number of benzene rings is 2. The molecule has 208 valence electrons. The van der Waals surface area contributed by atoms with E-state index in [1.165, 1.54) is 6.07 Å². The monoisotopic (exact) mass is 610 g/mol. The minimum absolute atomic E-state index is 0. The predicted octanol–water partition coefficient (Wildman–Crippen LogP) is 5.54. The fourth-order valence-electron chi connectivity index (χ4n) is 5.34. The van der Waals surface area contributed by atoms with Gasteiger partial charge in [0.15, 0.2) is 16.8 Å². The Morgan fingerprint density at radius 1 is 1.10 bits per heavy atom. The first-order valence-electron chi connectivity index (χ1n) is 12.5. The molecular formula is C28H23Cl2F2LiN4O3S. The number of carboxylic acid groups (broad SMARTS) is 1. The number of piperidine rings is 1. The van der Waals surface area contributed by atoms with Crippen LogP contribution in [0.15, 0.2) is 42.5 Å². The average Bonchev–Trinajstić information content (AvgIpc) is 3.28. The van der Waals surface area contributed by atoms with Crippen LogP contribution in [0, 0.1) is 30.4 Å². The molecule has 0 spiro atoms. The second-order valence-electron chi connectivity index (χ2n) is 10.1. The fraction of sp³-hybridized carbons (Fsp3) is 0.250. The number of nitrogens with zero attached hydrogens (tertiary/aromatic N) is 2. The number of nitrogens with one attached hydrogen (secondary N) is 2. The second kappa shape index (κ2) is 11.4. The summed E-state index contributed by atoms with van der Waals surface area (Å²) in [6.45, 7) is 3.03. The molecule has 6 rings (SSSR count). The van der Waals surface area contributed by atoms with Crippen molar-refractivity contribution >= 4 is 70.4 Å². The van der Waals surface area contributed by atoms with Crippen LogP contribution < -0.4 is 10.2 Å². The number of anilines is 1. The number of halogens is 4. The molecular weight excluding hydrogens is 588 g/mol. The number of carbonyl (C=O) groups is 2. The number of rotatable bonds is 7. The summed E-state index contributed by atoms with van der Waals surface area (Å²) in [6, 6.07) is 10.9. The Labute approximate surface area is 260 Å². The summed E-state index contributed by atoms with van der Waals surface area (Å²) < 4.78 is 27.1. The van der Waals surface area contributed by atoms with E-state index in [0.717, 1.165) is 29.0 Å². The van der Waals surface area contributed by atoms with Crippen LogP contribution in [-0.2, 0) is 6.42 Å². The molecule has 4 aromatic rings. The number of carbonyl (C=O) groups excluding carboxylic acids is 1. The number of aromatic amines is 1. The first kappa shape index (κ1) is 29.6. The maximum atomic E-state index is 13.7. The molecule has 1 amide bonds. The van der Waals surface area contributed by atoms with Crippen molar-refractivity contribution in [3.8, 4) is 11.1 Å². The summed E-state index contributed by atoms with van der Waals surface area (Å²) in [5.74, 6) is -2.76. The van der Waals surface area contributed by atoms with Crippen molar-refractivity contribution in [1.29, 1.82) is 0 Å². The number of carboxylic acids is 1. The number of H-pyrrole nitrogens is 1. The van der Waals surface area contributed by atoms with Crippen molar-refractivity contribution in [2.75, 3.05) is 18.0 Å². The van der Waals surface area contributed by atoms with Crippen LogP contribution in [0.5, 0.6) is 0 Å². The van der Waals surface area contributed by atoms with Gasteiger partial charge in [-0.15, -0.1) is 0 Å². The molecule has 1 saturated heterocycles. The molecule has 0 radical (unpaired) electrons. The van der Waals surface area contributed by atoms with Gasteiger partial charge in [-0.25, -0.2) is 18.6 Å². The van der Waals surface area contributed by atoms with Crippen LogP contribution in [-0.4, -0.2) is 64.9 Å². The van der Waals surface area contributed by atoms with Gasteiger partial charge in [0.1, 0.15) is 10.6 Å². The summed E-state index contributed by atoms with van der Waals surface area (Å²) in [5, 5.41) is 14.0. The molecule has 1 unspecified atom stereocenters. The van der Waals surface area contributed by atoms with Gasteiger partial charge in [0.2, 0.25) is 0 Å². The van der Waals surface area contributed by atoms with Crippen LogP contribution in [0.1, 0.15) is 37.1 Å². The third-order valence-electron chi connectivity index (χ3n) is 7.48. The summed E-state index contributed by atoms with van der Waals surface area (Å²) in [5.41, 5.74) is 3.32. The zero-order chi connectivity index (χ0) is 28.3. The van der Waals surface area contributed by atoms with Crippen molar-refractivity contribution in [2.45, 2.75) is 19.4 Å². The zero-order valence-electron chi connectivity index (χ0n) is 21.0. The van der Waals surface area contributed by atoms with E-state index in [1.807, 2.05) is 12.1 Å². The molecule has 1 aliphatic carbocycles. The summed E-state index contributed by atoms with van der Waals surface area (Å²) in [4.78, 5) is 34.5. The Hall–Kier alpha value is -2.87. The molecule has 7 nitrogen and oxygen atoms in total. The first-order chi connectivity index (χ1) is 19.1. The molecule has 3 N–H and O–H groups in total. The zero-order valence-corrected chi connectivity index (χ0v) is 23.3. The average molecular weight is 611 g/mol. The molecule has 13 heteroatoms. The van der Waals surface area contributed by atoms with Gasteiger partial charge in [-0.1, -0.05) is 64.9 Å². The van der Waals surface area contributed by atoms with Crippen LogP contribution in [0.4, 0.5) is 13.9 Å². The fourth-order valence-corrected chi connectivity index (χ4v) is 6.70. The molecule has 2 aromatic heterocycles. The van der Waals surface area contributed by atoms with Gasteiger partial charge >= 0.3 is 24.8 Å². The van der Waals surface area contributed by atoms with Crippen LogP contribution in [0.2, 0.25) is 10.0 Å². The Morgan fingerprint density at radius 3 is 2.44 bits per heavy atom. The molecule has 2 aromatic carbocycles. The van der Waals surface area contributed by atoms with E-state index >= 15 is 0 Å². The van der Waals surface area contributed by atoms with E-state index in [-0.39, 0.29) is 64.7 Å². The van der Waals surface area contributed by atoms with E-state index in [2.05, 4.69) is 20.2 Å². The Bertz CT molecular complexity index is 1670. The number of hydrogen-bond acceptors (Lipinski definition) is 5. The maximum absolute atomic E-state index is 13.7. The normalized spacial score (nSPS) is 19.0. The topological polar surface area (TPSA) is 98.3 Å². The Morgan fingerprint density at radius 2 is 1.80 bits per heavy atom. The SMILES string of the molecule is Cc1[nH]c(C(=O)NC2[C@H]3CN(c4nc(Cc5cccc(-c6ccc(F)c(F)c6)c5)c(C(=O)O)s4)C[C@@H]23)c(Cl)c1Cl.[LiH]. The molecule has 2 aliphatic rings. The quantitative estimate of drug-likeness (QED) is 0.239. The third kappa shape index (κ3) is 5.64. The molecule has 1 saturated carbocycles. The molecule has 1 aliphatic heterocycles. The molecule has 3 heterocycles.